The molecule has 7 nitrogen and oxygen atoms in total. The number of nitrogens with one attached hydrogen (secondary N) is 1. The van der Waals surface area contributed by atoms with Crippen LogP contribution in [0.25, 0.3) is 11.4 Å². The zero-order valence-corrected chi connectivity index (χ0v) is 21.0. The number of ether oxygens (including phenoxy) is 1. The van der Waals surface area contributed by atoms with Crippen LogP contribution >= 0.6 is 0 Å². The molecule has 1 amide bonds. The minimum atomic E-state index is -4.39. The monoisotopic (exact) mass is 526 g/mol. The molecular formula is C28H29F3N4O3. The van der Waals surface area contributed by atoms with Crippen molar-refractivity contribution in [2.45, 2.75) is 50.6 Å². The third kappa shape index (κ3) is 6.93. The van der Waals surface area contributed by atoms with E-state index in [0.29, 0.717) is 29.3 Å². The van der Waals surface area contributed by atoms with Crippen LogP contribution in [-0.2, 0) is 22.1 Å². The molecule has 4 rings (SSSR count). The lowest BCUT2D eigenvalue weighted by atomic mass is 9.82. The number of esters is 1. The predicted molar refractivity (Wildman–Crippen MR) is 134 cm³/mol. The van der Waals surface area contributed by atoms with Gasteiger partial charge in [-0.3, -0.25) is 14.6 Å². The van der Waals surface area contributed by atoms with E-state index in [1.807, 2.05) is 6.07 Å². The quantitative estimate of drug-likeness (QED) is 0.377. The van der Waals surface area contributed by atoms with Crippen LogP contribution in [0.4, 0.5) is 13.2 Å². The number of alkyl halides is 3. The summed E-state index contributed by atoms with van der Waals surface area (Å²) in [7, 11) is 1.30. The first-order chi connectivity index (χ1) is 18.2. The van der Waals surface area contributed by atoms with Crippen LogP contribution in [0, 0.1) is 5.92 Å². The van der Waals surface area contributed by atoms with Crippen LogP contribution in [0.5, 0.6) is 0 Å². The molecule has 0 saturated heterocycles. The van der Waals surface area contributed by atoms with Crippen molar-refractivity contribution in [2.75, 3.05) is 13.7 Å². The lowest BCUT2D eigenvalue weighted by molar-refractivity contribution is -0.140. The molecule has 0 radical (unpaired) electrons. The first-order valence-electron chi connectivity index (χ1n) is 12.5. The van der Waals surface area contributed by atoms with Gasteiger partial charge in [-0.2, -0.15) is 13.2 Å². The van der Waals surface area contributed by atoms with E-state index in [2.05, 4.69) is 25.0 Å². The van der Waals surface area contributed by atoms with E-state index < -0.39 is 17.7 Å². The Balaban J connectivity index is 1.45. The van der Waals surface area contributed by atoms with Gasteiger partial charge in [-0.05, 0) is 60.9 Å². The Labute approximate surface area is 218 Å². The van der Waals surface area contributed by atoms with Crippen LogP contribution in [-0.4, -0.2) is 40.5 Å². The highest BCUT2D eigenvalue weighted by Gasteiger charge is 2.30. The third-order valence-electron chi connectivity index (χ3n) is 6.90. The molecule has 0 spiro atoms. The van der Waals surface area contributed by atoms with Gasteiger partial charge in [0.25, 0.3) is 5.91 Å². The molecule has 0 bridgehead atoms. The Morgan fingerprint density at radius 3 is 2.26 bits per heavy atom. The summed E-state index contributed by atoms with van der Waals surface area (Å²) in [5.74, 6) is 0.235. The number of amides is 1. The number of carbonyl (C=O) groups excluding carboxylic acids is 2. The van der Waals surface area contributed by atoms with Gasteiger partial charge in [-0.1, -0.05) is 25.0 Å². The van der Waals surface area contributed by atoms with Crippen molar-refractivity contribution in [3.05, 3.63) is 77.4 Å². The SMILES string of the molecule is COC(=O)CCNC(=O)c1ccc(C[C@@H](c2cnc(-c3ccc(C(F)(F)F)cc3)nc2)C2CCCC2)nc1. The van der Waals surface area contributed by atoms with Gasteiger partial charge in [0.2, 0.25) is 0 Å². The van der Waals surface area contributed by atoms with E-state index in [4.69, 9.17) is 0 Å². The molecule has 1 aromatic carbocycles. The van der Waals surface area contributed by atoms with Gasteiger partial charge in [0.05, 0.1) is 24.7 Å². The maximum Gasteiger partial charge on any atom is 0.416 e. The van der Waals surface area contributed by atoms with E-state index in [1.54, 1.807) is 18.5 Å². The van der Waals surface area contributed by atoms with Crippen LogP contribution in [0.2, 0.25) is 0 Å². The fourth-order valence-electron chi connectivity index (χ4n) is 4.79. The summed E-state index contributed by atoms with van der Waals surface area (Å²) < 4.78 is 43.2. The molecule has 1 fully saturated rings. The number of hydrogen-bond donors (Lipinski definition) is 1. The molecule has 38 heavy (non-hydrogen) atoms. The summed E-state index contributed by atoms with van der Waals surface area (Å²) in [5, 5.41) is 2.67. The maximum atomic E-state index is 12.9. The van der Waals surface area contributed by atoms with Crippen molar-refractivity contribution in [1.82, 2.24) is 20.3 Å². The lowest BCUT2D eigenvalue weighted by Crippen LogP contribution is -2.26. The van der Waals surface area contributed by atoms with Gasteiger partial charge in [-0.15, -0.1) is 0 Å². The summed E-state index contributed by atoms with van der Waals surface area (Å²) in [6.45, 7) is 0.180. The normalized spacial score (nSPS) is 14.7. The van der Waals surface area contributed by atoms with Crippen molar-refractivity contribution >= 4 is 11.9 Å². The number of carbonyl (C=O) groups is 2. The van der Waals surface area contributed by atoms with Gasteiger partial charge in [0, 0.05) is 36.4 Å². The topological polar surface area (TPSA) is 94.1 Å². The fraction of sp³-hybridized carbons (Fsp3) is 0.393. The molecule has 1 aliphatic carbocycles. The number of nitrogens with zero attached hydrogens (tertiary/aromatic N) is 3. The number of aromatic nitrogens is 3. The average molecular weight is 527 g/mol. The average Bonchev–Trinajstić information content (AvgIpc) is 3.46. The summed E-state index contributed by atoms with van der Waals surface area (Å²) in [6, 6.07) is 8.36. The lowest BCUT2D eigenvalue weighted by Gasteiger charge is -2.23. The fourth-order valence-corrected chi connectivity index (χ4v) is 4.79. The Bertz CT molecular complexity index is 1220. The molecule has 1 atom stereocenters. The highest BCUT2D eigenvalue weighted by molar-refractivity contribution is 5.94. The summed E-state index contributed by atoms with van der Waals surface area (Å²) >= 11 is 0. The molecule has 200 valence electrons. The zero-order valence-electron chi connectivity index (χ0n) is 21.0. The number of hydrogen-bond acceptors (Lipinski definition) is 6. The number of benzene rings is 1. The molecule has 3 aromatic rings. The van der Waals surface area contributed by atoms with Crippen LogP contribution in [0.15, 0.2) is 55.0 Å². The minimum absolute atomic E-state index is 0.0938. The molecule has 0 unspecified atom stereocenters. The van der Waals surface area contributed by atoms with Gasteiger partial charge in [0.15, 0.2) is 5.82 Å². The highest BCUT2D eigenvalue weighted by Crippen LogP contribution is 2.39. The van der Waals surface area contributed by atoms with Crippen molar-refractivity contribution in [3.63, 3.8) is 0 Å². The van der Waals surface area contributed by atoms with Crippen LogP contribution in [0.1, 0.15) is 65.2 Å². The van der Waals surface area contributed by atoms with E-state index in [9.17, 15) is 22.8 Å². The minimum Gasteiger partial charge on any atom is -0.469 e. The molecule has 1 aliphatic rings. The highest BCUT2D eigenvalue weighted by atomic mass is 19.4. The van der Waals surface area contributed by atoms with Crippen molar-refractivity contribution in [1.29, 1.82) is 0 Å². The summed E-state index contributed by atoms with van der Waals surface area (Å²) in [4.78, 5) is 37.0. The molecule has 1 N–H and O–H groups in total. The first-order valence-corrected chi connectivity index (χ1v) is 12.5. The molecule has 0 aliphatic heterocycles. The van der Waals surface area contributed by atoms with Crippen LogP contribution in [0.3, 0.4) is 0 Å². The number of rotatable bonds is 9. The largest absolute Gasteiger partial charge is 0.469 e. The maximum absolute atomic E-state index is 12.9. The number of methoxy groups -OCH3 is 1. The Hall–Kier alpha value is -3.82. The van der Waals surface area contributed by atoms with Crippen LogP contribution < -0.4 is 5.32 Å². The number of halogens is 3. The van der Waals surface area contributed by atoms with Gasteiger partial charge >= 0.3 is 12.1 Å². The van der Waals surface area contributed by atoms with Crippen molar-refractivity contribution in [3.8, 4) is 11.4 Å². The van der Waals surface area contributed by atoms with Gasteiger partial charge in [0.1, 0.15) is 0 Å². The van der Waals surface area contributed by atoms with Crippen molar-refractivity contribution < 1.29 is 27.5 Å². The van der Waals surface area contributed by atoms with E-state index >= 15 is 0 Å². The van der Waals surface area contributed by atoms with Gasteiger partial charge in [-0.25, -0.2) is 9.97 Å². The second-order valence-corrected chi connectivity index (χ2v) is 9.39. The standard InChI is InChI=1S/C28H29F3N4O3/c1-38-25(36)12-13-32-27(37)20-8-11-23(33-15-20)14-24(18-4-2-3-5-18)21-16-34-26(35-17-21)19-6-9-22(10-7-19)28(29,30)31/h6-11,15-18,24H,2-5,12-14H2,1H3,(H,32,37)/t24-/m1/s1. The first kappa shape index (κ1) is 27.2. The molecule has 10 heteroatoms. The third-order valence-corrected chi connectivity index (χ3v) is 6.90. The van der Waals surface area contributed by atoms with E-state index in [0.717, 1.165) is 49.1 Å². The zero-order chi connectivity index (χ0) is 27.1. The summed E-state index contributed by atoms with van der Waals surface area (Å²) in [5.41, 5.74) is 2.00. The Morgan fingerprint density at radius 2 is 1.68 bits per heavy atom. The Kier molecular flexibility index (Phi) is 8.70. The van der Waals surface area contributed by atoms with E-state index in [-0.39, 0.29) is 24.8 Å². The second-order valence-electron chi connectivity index (χ2n) is 9.39. The van der Waals surface area contributed by atoms with Gasteiger partial charge < -0.3 is 10.1 Å². The molecule has 1 saturated carbocycles. The summed E-state index contributed by atoms with van der Waals surface area (Å²) in [6.07, 6.45) is 5.88. The predicted octanol–water partition coefficient (Wildman–Crippen LogP) is 5.37. The second kappa shape index (κ2) is 12.1. The molecule has 2 aromatic heterocycles. The van der Waals surface area contributed by atoms with E-state index in [1.165, 1.54) is 25.4 Å². The Morgan fingerprint density at radius 1 is 1.00 bits per heavy atom. The molecular weight excluding hydrogens is 497 g/mol. The van der Waals surface area contributed by atoms with Crippen molar-refractivity contribution in [2.24, 2.45) is 5.92 Å². The smallest absolute Gasteiger partial charge is 0.416 e. The molecule has 2 heterocycles. The number of pyridine rings is 1.